The second-order valence-electron chi connectivity index (χ2n) is 5.70. The SMILES string of the molecule is N#Cc1cc(N[C@H]2CC(NCC3CC3)CN2)ccc1F. The van der Waals surface area contributed by atoms with Gasteiger partial charge in [-0.3, -0.25) is 5.32 Å². The number of nitrogens with one attached hydrogen (secondary N) is 3. The first-order valence-corrected chi connectivity index (χ1v) is 7.17. The van der Waals surface area contributed by atoms with Gasteiger partial charge in [-0.05, 0) is 49.9 Å². The number of halogens is 1. The van der Waals surface area contributed by atoms with Gasteiger partial charge in [0.05, 0.1) is 11.7 Å². The van der Waals surface area contributed by atoms with Gasteiger partial charge in [-0.1, -0.05) is 0 Å². The lowest BCUT2D eigenvalue weighted by Crippen LogP contribution is -2.32. The van der Waals surface area contributed by atoms with Crippen molar-refractivity contribution >= 4 is 5.69 Å². The number of anilines is 1. The Hall–Kier alpha value is -1.64. The highest BCUT2D eigenvalue weighted by molar-refractivity contribution is 5.50. The molecule has 1 aromatic carbocycles. The van der Waals surface area contributed by atoms with Gasteiger partial charge in [-0.15, -0.1) is 0 Å². The van der Waals surface area contributed by atoms with Crippen molar-refractivity contribution in [1.82, 2.24) is 10.6 Å². The summed E-state index contributed by atoms with van der Waals surface area (Å²) >= 11 is 0. The summed E-state index contributed by atoms with van der Waals surface area (Å²) in [6, 6.07) is 6.91. The molecule has 0 bridgehead atoms. The first-order chi connectivity index (χ1) is 9.74. The van der Waals surface area contributed by atoms with E-state index in [2.05, 4.69) is 16.0 Å². The Labute approximate surface area is 118 Å². The molecule has 3 rings (SSSR count). The summed E-state index contributed by atoms with van der Waals surface area (Å²) in [7, 11) is 0. The molecule has 1 saturated heterocycles. The molecule has 0 aromatic heterocycles. The van der Waals surface area contributed by atoms with E-state index in [0.29, 0.717) is 6.04 Å². The number of nitriles is 1. The molecule has 2 aliphatic rings. The summed E-state index contributed by atoms with van der Waals surface area (Å²) < 4.78 is 13.3. The number of benzene rings is 1. The topological polar surface area (TPSA) is 59.9 Å². The predicted octanol–water partition coefficient (Wildman–Crippen LogP) is 1.80. The molecule has 3 N–H and O–H groups in total. The van der Waals surface area contributed by atoms with E-state index in [1.165, 1.54) is 18.9 Å². The summed E-state index contributed by atoms with van der Waals surface area (Å²) in [5.41, 5.74) is 0.861. The van der Waals surface area contributed by atoms with E-state index in [1.54, 1.807) is 12.1 Å². The predicted molar refractivity (Wildman–Crippen MR) is 75.7 cm³/mol. The molecule has 106 valence electrons. The largest absolute Gasteiger partial charge is 0.370 e. The fourth-order valence-electron chi connectivity index (χ4n) is 2.56. The van der Waals surface area contributed by atoms with Crippen LogP contribution in [0.3, 0.4) is 0 Å². The van der Waals surface area contributed by atoms with Crippen LogP contribution in [0.4, 0.5) is 10.1 Å². The molecule has 2 fully saturated rings. The van der Waals surface area contributed by atoms with Gasteiger partial charge in [0.25, 0.3) is 0 Å². The van der Waals surface area contributed by atoms with Crippen LogP contribution in [0.15, 0.2) is 18.2 Å². The number of rotatable bonds is 5. The maximum atomic E-state index is 13.3. The number of hydrogen-bond acceptors (Lipinski definition) is 4. The minimum Gasteiger partial charge on any atom is -0.370 e. The third-order valence-electron chi connectivity index (χ3n) is 3.95. The van der Waals surface area contributed by atoms with Crippen LogP contribution >= 0.6 is 0 Å². The lowest BCUT2D eigenvalue weighted by atomic mass is 10.2. The molecule has 1 aliphatic heterocycles. The van der Waals surface area contributed by atoms with Crippen molar-refractivity contribution in [3.8, 4) is 6.07 Å². The Kier molecular flexibility index (Phi) is 3.86. The Balaban J connectivity index is 1.52. The van der Waals surface area contributed by atoms with Gasteiger partial charge < -0.3 is 10.6 Å². The van der Waals surface area contributed by atoms with Crippen molar-refractivity contribution in [3.63, 3.8) is 0 Å². The summed E-state index contributed by atoms with van der Waals surface area (Å²) in [5, 5.41) is 19.1. The van der Waals surface area contributed by atoms with Gasteiger partial charge in [0.2, 0.25) is 0 Å². The van der Waals surface area contributed by atoms with Crippen molar-refractivity contribution < 1.29 is 4.39 Å². The Morgan fingerprint density at radius 3 is 3.00 bits per heavy atom. The molecule has 1 saturated carbocycles. The standard InChI is InChI=1S/C15H19FN4/c16-14-4-3-12(5-11(14)7-17)20-15-6-13(9-19-15)18-8-10-1-2-10/h3-5,10,13,15,18-20H,1-2,6,8-9H2/t13?,15-/m0/s1. The van der Waals surface area contributed by atoms with Crippen LogP contribution in [-0.2, 0) is 0 Å². The fraction of sp³-hybridized carbons (Fsp3) is 0.533. The smallest absolute Gasteiger partial charge is 0.141 e. The molecule has 20 heavy (non-hydrogen) atoms. The fourth-order valence-corrected chi connectivity index (χ4v) is 2.56. The molecule has 1 unspecified atom stereocenters. The van der Waals surface area contributed by atoms with Crippen LogP contribution in [0.2, 0.25) is 0 Å². The molecular weight excluding hydrogens is 255 g/mol. The average Bonchev–Trinajstić information content (AvgIpc) is 3.18. The van der Waals surface area contributed by atoms with Crippen molar-refractivity contribution in [1.29, 1.82) is 5.26 Å². The number of nitrogens with zero attached hydrogens (tertiary/aromatic N) is 1. The zero-order valence-electron chi connectivity index (χ0n) is 11.3. The molecule has 2 atom stereocenters. The van der Waals surface area contributed by atoms with Crippen LogP contribution in [-0.4, -0.2) is 25.3 Å². The van der Waals surface area contributed by atoms with Crippen molar-refractivity contribution in [2.75, 3.05) is 18.4 Å². The highest BCUT2D eigenvalue weighted by Crippen LogP contribution is 2.28. The van der Waals surface area contributed by atoms with E-state index in [0.717, 1.165) is 31.1 Å². The van der Waals surface area contributed by atoms with Gasteiger partial charge in [0, 0.05) is 18.3 Å². The molecule has 4 nitrogen and oxygen atoms in total. The van der Waals surface area contributed by atoms with Crippen LogP contribution in [0, 0.1) is 23.1 Å². The summed E-state index contributed by atoms with van der Waals surface area (Å²) in [4.78, 5) is 0. The monoisotopic (exact) mass is 274 g/mol. The molecule has 1 aromatic rings. The highest BCUT2D eigenvalue weighted by atomic mass is 19.1. The van der Waals surface area contributed by atoms with Gasteiger partial charge in [-0.25, -0.2) is 4.39 Å². The molecule has 0 radical (unpaired) electrons. The Morgan fingerprint density at radius 2 is 2.25 bits per heavy atom. The van der Waals surface area contributed by atoms with E-state index < -0.39 is 5.82 Å². The van der Waals surface area contributed by atoms with Crippen molar-refractivity contribution in [2.45, 2.75) is 31.5 Å². The highest BCUT2D eigenvalue weighted by Gasteiger charge is 2.27. The summed E-state index contributed by atoms with van der Waals surface area (Å²) in [6.07, 6.45) is 3.89. The maximum absolute atomic E-state index is 13.3. The van der Waals surface area contributed by atoms with Crippen LogP contribution in [0.25, 0.3) is 0 Å². The van der Waals surface area contributed by atoms with Gasteiger partial charge in [-0.2, -0.15) is 5.26 Å². The molecule has 5 heteroatoms. The maximum Gasteiger partial charge on any atom is 0.141 e. The first-order valence-electron chi connectivity index (χ1n) is 7.17. The zero-order chi connectivity index (χ0) is 13.9. The van der Waals surface area contributed by atoms with Crippen LogP contribution in [0.1, 0.15) is 24.8 Å². The minimum atomic E-state index is -0.471. The molecule has 0 amide bonds. The third-order valence-corrected chi connectivity index (χ3v) is 3.95. The van der Waals surface area contributed by atoms with Gasteiger partial charge in [0.1, 0.15) is 11.9 Å². The molecule has 0 spiro atoms. The van der Waals surface area contributed by atoms with Crippen LogP contribution in [0.5, 0.6) is 0 Å². The van der Waals surface area contributed by atoms with Crippen molar-refractivity contribution in [2.24, 2.45) is 5.92 Å². The average molecular weight is 274 g/mol. The molecular formula is C15H19FN4. The minimum absolute atomic E-state index is 0.0800. The van der Waals surface area contributed by atoms with E-state index in [9.17, 15) is 4.39 Å². The van der Waals surface area contributed by atoms with Gasteiger partial charge in [0.15, 0.2) is 0 Å². The number of hydrogen-bond donors (Lipinski definition) is 3. The molecule has 1 aliphatic carbocycles. The van der Waals surface area contributed by atoms with E-state index in [-0.39, 0.29) is 11.7 Å². The van der Waals surface area contributed by atoms with E-state index in [4.69, 9.17) is 5.26 Å². The second-order valence-corrected chi connectivity index (χ2v) is 5.70. The van der Waals surface area contributed by atoms with E-state index in [1.807, 2.05) is 6.07 Å². The van der Waals surface area contributed by atoms with E-state index >= 15 is 0 Å². The van der Waals surface area contributed by atoms with Crippen molar-refractivity contribution in [3.05, 3.63) is 29.6 Å². The van der Waals surface area contributed by atoms with Gasteiger partial charge >= 0.3 is 0 Å². The first kappa shape index (κ1) is 13.3. The second kappa shape index (κ2) is 5.78. The normalized spacial score (nSPS) is 25.4. The zero-order valence-corrected chi connectivity index (χ0v) is 11.3. The summed E-state index contributed by atoms with van der Waals surface area (Å²) in [5.74, 6) is 0.415. The quantitative estimate of drug-likeness (QED) is 0.766. The molecule has 1 heterocycles. The Morgan fingerprint density at radius 1 is 1.40 bits per heavy atom. The third kappa shape index (κ3) is 3.27. The van der Waals surface area contributed by atoms with Crippen LogP contribution < -0.4 is 16.0 Å². The Bertz CT molecular complexity index is 521. The lowest BCUT2D eigenvalue weighted by molar-refractivity contribution is 0.521. The lowest BCUT2D eigenvalue weighted by Gasteiger charge is -2.15. The summed E-state index contributed by atoms with van der Waals surface area (Å²) in [6.45, 7) is 2.06.